The zero-order valence-electron chi connectivity index (χ0n) is 18.0. The predicted octanol–water partition coefficient (Wildman–Crippen LogP) is 5.09. The van der Waals surface area contributed by atoms with Crippen LogP contribution in [0.3, 0.4) is 0 Å². The number of hydrogen-bond acceptors (Lipinski definition) is 5. The average molecular weight is 461 g/mol. The number of nitrogen functional groups attached to an aromatic ring is 1. The molecule has 6 nitrogen and oxygen atoms in total. The molecule has 32 heavy (non-hydrogen) atoms. The molecule has 170 valence electrons. The molecule has 1 heterocycles. The van der Waals surface area contributed by atoms with Gasteiger partial charge in [0.05, 0.1) is 12.3 Å². The van der Waals surface area contributed by atoms with Gasteiger partial charge in [-0.25, -0.2) is 18.6 Å². The molecule has 3 rings (SSSR count). The Bertz CT molecular complexity index is 1080. The number of amides is 1. The van der Waals surface area contributed by atoms with Crippen LogP contribution in [-0.2, 0) is 17.7 Å². The zero-order chi connectivity index (χ0) is 23.3. The van der Waals surface area contributed by atoms with Crippen LogP contribution in [0.2, 0.25) is 0 Å². The summed E-state index contributed by atoms with van der Waals surface area (Å²) in [7, 11) is 0. The third-order valence-corrected chi connectivity index (χ3v) is 5.80. The van der Waals surface area contributed by atoms with Crippen molar-refractivity contribution in [2.24, 2.45) is 5.73 Å². The van der Waals surface area contributed by atoms with Crippen LogP contribution in [-0.4, -0.2) is 22.3 Å². The summed E-state index contributed by atoms with van der Waals surface area (Å²) in [6.07, 6.45) is 0.251. The van der Waals surface area contributed by atoms with Crippen molar-refractivity contribution in [1.82, 2.24) is 9.55 Å². The molecule has 0 aliphatic heterocycles. The number of primary amides is 1. The number of carbonyl (C=O) groups excluding carboxylic acids is 1. The van der Waals surface area contributed by atoms with Gasteiger partial charge >= 0.3 is 6.09 Å². The molecule has 0 aliphatic carbocycles. The molecule has 0 atom stereocenters. The topological polar surface area (TPSA) is 96.2 Å². The second-order valence-electron chi connectivity index (χ2n) is 7.68. The van der Waals surface area contributed by atoms with Crippen molar-refractivity contribution in [2.45, 2.75) is 49.1 Å². The molecule has 0 spiro atoms. The Morgan fingerprint density at radius 3 is 2.53 bits per heavy atom. The van der Waals surface area contributed by atoms with Crippen LogP contribution in [0.5, 0.6) is 0 Å². The minimum Gasteiger partial charge on any atom is -0.450 e. The van der Waals surface area contributed by atoms with E-state index in [1.54, 1.807) is 0 Å². The summed E-state index contributed by atoms with van der Waals surface area (Å²) in [5, 5.41) is 0.804. The van der Waals surface area contributed by atoms with Gasteiger partial charge in [0.15, 0.2) is 0 Å². The van der Waals surface area contributed by atoms with Crippen molar-refractivity contribution < 1.29 is 18.3 Å². The smallest absolute Gasteiger partial charge is 0.404 e. The fraction of sp³-hybridized carbons (Fsp3) is 0.304. The maximum absolute atomic E-state index is 13.8. The summed E-state index contributed by atoms with van der Waals surface area (Å²) in [6.45, 7) is 4.69. The number of aryl methyl sites for hydroxylation is 1. The number of nitrogens with zero attached hydrogens (tertiary/aromatic N) is 2. The molecule has 1 aromatic heterocycles. The molecular formula is C23H26F2N4O2S. The predicted molar refractivity (Wildman–Crippen MR) is 121 cm³/mol. The van der Waals surface area contributed by atoms with Gasteiger partial charge in [0, 0.05) is 29.6 Å². The molecule has 9 heteroatoms. The summed E-state index contributed by atoms with van der Waals surface area (Å²) in [4.78, 5) is 16.1. The minimum absolute atomic E-state index is 0.0821. The highest BCUT2D eigenvalue weighted by molar-refractivity contribution is 7.99. The molecular weight excluding hydrogens is 434 g/mol. The normalized spacial score (nSPS) is 11.2. The minimum atomic E-state index is -0.819. The molecule has 1 amide bonds. The Labute approximate surface area is 190 Å². The molecule has 2 aromatic carbocycles. The van der Waals surface area contributed by atoms with E-state index in [1.807, 2.05) is 42.7 Å². The van der Waals surface area contributed by atoms with E-state index in [0.29, 0.717) is 30.0 Å². The van der Waals surface area contributed by atoms with Gasteiger partial charge in [-0.05, 0) is 42.2 Å². The lowest BCUT2D eigenvalue weighted by Gasteiger charge is -2.14. The van der Waals surface area contributed by atoms with E-state index in [9.17, 15) is 13.6 Å². The van der Waals surface area contributed by atoms with Gasteiger partial charge in [-0.15, -0.1) is 0 Å². The van der Waals surface area contributed by atoms with E-state index < -0.39 is 17.7 Å². The fourth-order valence-corrected chi connectivity index (χ4v) is 4.55. The average Bonchev–Trinajstić information content (AvgIpc) is 3.02. The van der Waals surface area contributed by atoms with Crippen molar-refractivity contribution in [3.05, 3.63) is 71.2 Å². The van der Waals surface area contributed by atoms with Crippen molar-refractivity contribution >= 4 is 23.5 Å². The quantitative estimate of drug-likeness (QED) is 0.342. The first-order chi connectivity index (χ1) is 15.2. The Kier molecular flexibility index (Phi) is 7.74. The summed E-state index contributed by atoms with van der Waals surface area (Å²) in [6, 6.07) is 11.0. The van der Waals surface area contributed by atoms with E-state index in [4.69, 9.17) is 21.2 Å². The summed E-state index contributed by atoms with van der Waals surface area (Å²) >= 11 is 1.27. The van der Waals surface area contributed by atoms with Gasteiger partial charge in [-0.3, -0.25) is 0 Å². The first kappa shape index (κ1) is 23.6. The van der Waals surface area contributed by atoms with Gasteiger partial charge in [-0.2, -0.15) is 0 Å². The number of halogens is 2. The maximum atomic E-state index is 13.8. The SMILES string of the molecule is CC(C)c1nc(CCCOC(N)=O)n(Cc2cccc(N)c2)c1Sc1cc(F)cc(F)c1. The standard InChI is InChI=1S/C23H26F2N4O2S/c1-14(2)21-22(32-19-11-16(24)10-17(25)12-19)29(13-15-5-3-6-18(26)9-15)20(28-21)7-4-8-31-23(27)30/h3,5-6,9-12,14H,4,7-8,13,26H2,1-2H3,(H2,27,30). The highest BCUT2D eigenvalue weighted by Gasteiger charge is 2.21. The zero-order valence-corrected chi connectivity index (χ0v) is 18.8. The monoisotopic (exact) mass is 460 g/mol. The summed E-state index contributed by atoms with van der Waals surface area (Å²) in [5.41, 5.74) is 13.4. The Balaban J connectivity index is 2.01. The Morgan fingerprint density at radius 1 is 1.19 bits per heavy atom. The molecule has 0 aliphatic rings. The fourth-order valence-electron chi connectivity index (χ4n) is 3.32. The molecule has 0 unspecified atom stereocenters. The van der Waals surface area contributed by atoms with Crippen LogP contribution in [0.4, 0.5) is 19.3 Å². The second kappa shape index (κ2) is 10.5. The molecule has 0 fully saturated rings. The van der Waals surface area contributed by atoms with Crippen LogP contribution in [0.15, 0.2) is 52.4 Å². The molecule has 0 saturated heterocycles. The van der Waals surface area contributed by atoms with Crippen LogP contribution >= 0.6 is 11.8 Å². The lowest BCUT2D eigenvalue weighted by Crippen LogP contribution is -2.14. The molecule has 3 aromatic rings. The van der Waals surface area contributed by atoms with Crippen LogP contribution in [0, 0.1) is 11.6 Å². The van der Waals surface area contributed by atoms with E-state index in [1.165, 1.54) is 23.9 Å². The van der Waals surface area contributed by atoms with Crippen LogP contribution in [0.25, 0.3) is 0 Å². The maximum Gasteiger partial charge on any atom is 0.404 e. The van der Waals surface area contributed by atoms with Crippen molar-refractivity contribution in [3.63, 3.8) is 0 Å². The van der Waals surface area contributed by atoms with E-state index in [2.05, 4.69) is 0 Å². The Hall–Kier alpha value is -3.07. The van der Waals surface area contributed by atoms with E-state index >= 15 is 0 Å². The first-order valence-electron chi connectivity index (χ1n) is 10.2. The third-order valence-electron chi connectivity index (χ3n) is 4.70. The number of carbonyl (C=O) groups is 1. The van der Waals surface area contributed by atoms with Crippen molar-refractivity contribution in [3.8, 4) is 0 Å². The lowest BCUT2D eigenvalue weighted by atomic mass is 10.1. The number of aromatic nitrogens is 2. The molecule has 0 saturated carbocycles. The number of nitrogens with two attached hydrogens (primary N) is 2. The van der Waals surface area contributed by atoms with E-state index in [-0.39, 0.29) is 12.5 Å². The molecule has 0 bridgehead atoms. The van der Waals surface area contributed by atoms with Gasteiger partial charge in [0.2, 0.25) is 0 Å². The summed E-state index contributed by atoms with van der Waals surface area (Å²) in [5.74, 6) is -0.407. The second-order valence-corrected chi connectivity index (χ2v) is 8.74. The summed E-state index contributed by atoms with van der Waals surface area (Å²) < 4.78 is 34.5. The number of hydrogen-bond donors (Lipinski definition) is 2. The van der Waals surface area contributed by atoms with Gasteiger partial charge in [0.1, 0.15) is 22.5 Å². The van der Waals surface area contributed by atoms with Crippen LogP contribution in [0.1, 0.15) is 43.3 Å². The third kappa shape index (κ3) is 6.23. The van der Waals surface area contributed by atoms with Crippen LogP contribution < -0.4 is 11.5 Å². The van der Waals surface area contributed by atoms with E-state index in [0.717, 1.165) is 28.2 Å². The van der Waals surface area contributed by atoms with Gasteiger partial charge in [0.25, 0.3) is 0 Å². The molecule has 0 radical (unpaired) electrons. The van der Waals surface area contributed by atoms with Gasteiger partial charge in [-0.1, -0.05) is 37.7 Å². The van der Waals surface area contributed by atoms with Crippen molar-refractivity contribution in [1.29, 1.82) is 0 Å². The number of anilines is 1. The highest BCUT2D eigenvalue weighted by Crippen LogP contribution is 2.36. The van der Waals surface area contributed by atoms with Gasteiger partial charge < -0.3 is 20.8 Å². The number of imidazole rings is 1. The highest BCUT2D eigenvalue weighted by atomic mass is 32.2. The first-order valence-corrected chi connectivity index (χ1v) is 11.0. The Morgan fingerprint density at radius 2 is 1.91 bits per heavy atom. The number of benzene rings is 2. The molecule has 4 N–H and O–H groups in total. The number of ether oxygens (including phenoxy) is 1. The largest absolute Gasteiger partial charge is 0.450 e. The van der Waals surface area contributed by atoms with Crippen molar-refractivity contribution in [2.75, 3.05) is 12.3 Å². The number of rotatable bonds is 9. The lowest BCUT2D eigenvalue weighted by molar-refractivity contribution is 0.155.